The van der Waals surface area contributed by atoms with E-state index in [9.17, 15) is 5.11 Å². The Bertz CT molecular complexity index is 338. The van der Waals surface area contributed by atoms with E-state index in [1.807, 2.05) is 13.8 Å². The van der Waals surface area contributed by atoms with Crippen molar-refractivity contribution in [2.24, 2.45) is 0 Å². The number of aliphatic hydroxyl groups excluding tert-OH is 1. The standard InChI is InChI=1S/C12H20N2OS/c1-9(15)12-5-3-4-6-14(12)7-11-8-16-10(2)13-11/h8-9,12,15H,3-7H2,1-2H3. The van der Waals surface area contributed by atoms with Crippen LogP contribution in [-0.4, -0.2) is 33.7 Å². The third-order valence-corrected chi connectivity index (χ3v) is 4.08. The fourth-order valence-corrected chi connectivity index (χ4v) is 3.05. The summed E-state index contributed by atoms with van der Waals surface area (Å²) in [6.07, 6.45) is 3.36. The summed E-state index contributed by atoms with van der Waals surface area (Å²) in [5, 5.41) is 13.0. The number of hydrogen-bond donors (Lipinski definition) is 1. The van der Waals surface area contributed by atoms with Gasteiger partial charge in [-0.25, -0.2) is 4.98 Å². The normalized spacial score (nSPS) is 24.6. The zero-order valence-electron chi connectivity index (χ0n) is 10.0. The van der Waals surface area contributed by atoms with Crippen molar-refractivity contribution in [1.82, 2.24) is 9.88 Å². The van der Waals surface area contributed by atoms with Gasteiger partial charge in [-0.1, -0.05) is 6.42 Å². The summed E-state index contributed by atoms with van der Waals surface area (Å²) in [4.78, 5) is 6.87. The zero-order chi connectivity index (χ0) is 11.5. The molecule has 16 heavy (non-hydrogen) atoms. The molecule has 1 fully saturated rings. The van der Waals surface area contributed by atoms with Gasteiger partial charge >= 0.3 is 0 Å². The van der Waals surface area contributed by atoms with Gasteiger partial charge in [-0.3, -0.25) is 4.90 Å². The summed E-state index contributed by atoms with van der Waals surface area (Å²) >= 11 is 1.70. The van der Waals surface area contributed by atoms with Crippen LogP contribution in [0.2, 0.25) is 0 Å². The molecule has 2 atom stereocenters. The maximum atomic E-state index is 9.77. The molecule has 0 spiro atoms. The van der Waals surface area contributed by atoms with Gasteiger partial charge < -0.3 is 5.11 Å². The van der Waals surface area contributed by atoms with E-state index < -0.39 is 0 Å². The maximum Gasteiger partial charge on any atom is 0.0897 e. The van der Waals surface area contributed by atoms with Crippen LogP contribution >= 0.6 is 11.3 Å². The van der Waals surface area contributed by atoms with Gasteiger partial charge in [-0.05, 0) is 33.2 Å². The number of thiazole rings is 1. The number of hydrogen-bond acceptors (Lipinski definition) is 4. The quantitative estimate of drug-likeness (QED) is 0.880. The molecule has 1 saturated heterocycles. The van der Waals surface area contributed by atoms with Crippen LogP contribution in [0.3, 0.4) is 0 Å². The van der Waals surface area contributed by atoms with Gasteiger partial charge in [0.25, 0.3) is 0 Å². The van der Waals surface area contributed by atoms with E-state index in [0.717, 1.165) is 30.2 Å². The summed E-state index contributed by atoms with van der Waals surface area (Å²) < 4.78 is 0. The van der Waals surface area contributed by atoms with E-state index in [0.29, 0.717) is 6.04 Å². The second-order valence-corrected chi connectivity index (χ2v) is 5.69. The Morgan fingerprint density at radius 1 is 1.62 bits per heavy atom. The van der Waals surface area contributed by atoms with E-state index in [4.69, 9.17) is 0 Å². The molecular formula is C12H20N2OS. The number of aryl methyl sites for hydroxylation is 1. The molecule has 0 saturated carbocycles. The van der Waals surface area contributed by atoms with Gasteiger partial charge in [0.1, 0.15) is 0 Å². The van der Waals surface area contributed by atoms with Crippen molar-refractivity contribution in [2.45, 2.75) is 51.8 Å². The van der Waals surface area contributed by atoms with Gasteiger partial charge in [0.15, 0.2) is 0 Å². The number of nitrogens with zero attached hydrogens (tertiary/aromatic N) is 2. The molecule has 90 valence electrons. The molecule has 2 rings (SSSR count). The van der Waals surface area contributed by atoms with Crippen LogP contribution in [0, 0.1) is 6.92 Å². The lowest BCUT2D eigenvalue weighted by Crippen LogP contribution is -2.45. The smallest absolute Gasteiger partial charge is 0.0897 e. The van der Waals surface area contributed by atoms with E-state index in [1.165, 1.54) is 12.8 Å². The van der Waals surface area contributed by atoms with Gasteiger partial charge in [0, 0.05) is 18.0 Å². The molecule has 4 heteroatoms. The van der Waals surface area contributed by atoms with Gasteiger partial charge in [-0.15, -0.1) is 11.3 Å². The van der Waals surface area contributed by atoms with E-state index in [1.54, 1.807) is 11.3 Å². The Hall–Kier alpha value is -0.450. The first-order chi connectivity index (χ1) is 7.66. The first kappa shape index (κ1) is 12.0. The van der Waals surface area contributed by atoms with Crippen LogP contribution in [0.5, 0.6) is 0 Å². The van der Waals surface area contributed by atoms with Gasteiger partial charge in [-0.2, -0.15) is 0 Å². The summed E-state index contributed by atoms with van der Waals surface area (Å²) in [5.41, 5.74) is 1.15. The lowest BCUT2D eigenvalue weighted by molar-refractivity contribution is 0.0310. The second kappa shape index (κ2) is 5.25. The van der Waals surface area contributed by atoms with Gasteiger partial charge in [0.2, 0.25) is 0 Å². The van der Waals surface area contributed by atoms with Crippen molar-refractivity contribution in [1.29, 1.82) is 0 Å². The second-order valence-electron chi connectivity index (χ2n) is 4.63. The first-order valence-corrected chi connectivity index (χ1v) is 6.88. The Morgan fingerprint density at radius 3 is 3.06 bits per heavy atom. The molecule has 2 heterocycles. The highest BCUT2D eigenvalue weighted by Gasteiger charge is 2.26. The van der Waals surface area contributed by atoms with Crippen LogP contribution in [0.1, 0.15) is 36.9 Å². The number of aliphatic hydroxyl groups is 1. The van der Waals surface area contributed by atoms with Crippen LogP contribution in [0.15, 0.2) is 5.38 Å². The number of likely N-dealkylation sites (tertiary alicyclic amines) is 1. The minimum Gasteiger partial charge on any atom is -0.392 e. The van der Waals surface area contributed by atoms with Crippen LogP contribution in [-0.2, 0) is 6.54 Å². The zero-order valence-corrected chi connectivity index (χ0v) is 10.8. The molecule has 1 aromatic rings. The SMILES string of the molecule is Cc1nc(CN2CCCCC2C(C)O)cs1. The minimum absolute atomic E-state index is 0.236. The fraction of sp³-hybridized carbons (Fsp3) is 0.750. The number of piperidine rings is 1. The lowest BCUT2D eigenvalue weighted by Gasteiger charge is -2.36. The van der Waals surface area contributed by atoms with Crippen molar-refractivity contribution in [2.75, 3.05) is 6.54 Å². The third kappa shape index (κ3) is 2.81. The molecule has 0 aromatic carbocycles. The minimum atomic E-state index is -0.236. The summed E-state index contributed by atoms with van der Waals surface area (Å²) in [6.45, 7) is 5.91. The predicted molar refractivity (Wildman–Crippen MR) is 66.6 cm³/mol. The fourth-order valence-electron chi connectivity index (χ4n) is 2.45. The topological polar surface area (TPSA) is 36.4 Å². The Balaban J connectivity index is 2.01. The lowest BCUT2D eigenvalue weighted by atomic mass is 9.98. The van der Waals surface area contributed by atoms with Crippen molar-refractivity contribution in [3.63, 3.8) is 0 Å². The number of aromatic nitrogens is 1. The van der Waals surface area contributed by atoms with Gasteiger partial charge in [0.05, 0.1) is 16.8 Å². The molecule has 3 nitrogen and oxygen atoms in total. The summed E-state index contributed by atoms with van der Waals surface area (Å²) in [5.74, 6) is 0. The van der Waals surface area contributed by atoms with Crippen molar-refractivity contribution in [3.05, 3.63) is 16.1 Å². The third-order valence-electron chi connectivity index (χ3n) is 3.25. The van der Waals surface area contributed by atoms with Crippen LogP contribution < -0.4 is 0 Å². The molecule has 2 unspecified atom stereocenters. The molecule has 0 aliphatic carbocycles. The monoisotopic (exact) mass is 240 g/mol. The molecule has 1 N–H and O–H groups in total. The average Bonchev–Trinajstić information content (AvgIpc) is 2.64. The number of rotatable bonds is 3. The highest BCUT2D eigenvalue weighted by molar-refractivity contribution is 7.09. The van der Waals surface area contributed by atoms with E-state index >= 15 is 0 Å². The Labute approximate surface area is 101 Å². The largest absolute Gasteiger partial charge is 0.392 e. The predicted octanol–water partition coefficient (Wildman–Crippen LogP) is 2.19. The molecule has 0 amide bonds. The highest BCUT2D eigenvalue weighted by atomic mass is 32.1. The molecule has 0 radical (unpaired) electrons. The van der Waals surface area contributed by atoms with Crippen molar-refractivity contribution < 1.29 is 5.11 Å². The van der Waals surface area contributed by atoms with Crippen molar-refractivity contribution in [3.8, 4) is 0 Å². The molecular weight excluding hydrogens is 220 g/mol. The average molecular weight is 240 g/mol. The Kier molecular flexibility index (Phi) is 3.95. The highest BCUT2D eigenvalue weighted by Crippen LogP contribution is 2.22. The van der Waals surface area contributed by atoms with E-state index in [-0.39, 0.29) is 6.10 Å². The van der Waals surface area contributed by atoms with E-state index in [2.05, 4.69) is 15.3 Å². The first-order valence-electron chi connectivity index (χ1n) is 6.00. The van der Waals surface area contributed by atoms with Crippen LogP contribution in [0.4, 0.5) is 0 Å². The Morgan fingerprint density at radius 2 is 2.44 bits per heavy atom. The molecule has 0 bridgehead atoms. The van der Waals surface area contributed by atoms with Crippen molar-refractivity contribution >= 4 is 11.3 Å². The maximum absolute atomic E-state index is 9.77. The van der Waals surface area contributed by atoms with Crippen LogP contribution in [0.25, 0.3) is 0 Å². The molecule has 1 aliphatic rings. The molecule has 1 aromatic heterocycles. The molecule has 1 aliphatic heterocycles. The summed E-state index contributed by atoms with van der Waals surface area (Å²) in [6, 6.07) is 0.316. The summed E-state index contributed by atoms with van der Waals surface area (Å²) in [7, 11) is 0.